The topological polar surface area (TPSA) is 66.0 Å². The van der Waals surface area contributed by atoms with Crippen molar-refractivity contribution in [1.82, 2.24) is 4.98 Å². The van der Waals surface area contributed by atoms with Gasteiger partial charge in [-0.3, -0.25) is 5.41 Å². The quantitative estimate of drug-likeness (QED) is 0.621. The summed E-state index contributed by atoms with van der Waals surface area (Å²) in [6.07, 6.45) is 0. The number of aromatic nitrogens is 1. The molecular formula is C14H24N4. The van der Waals surface area contributed by atoms with E-state index >= 15 is 0 Å². The van der Waals surface area contributed by atoms with Gasteiger partial charge in [0.05, 0.1) is 5.56 Å². The van der Waals surface area contributed by atoms with Crippen molar-refractivity contribution in [1.29, 1.82) is 5.41 Å². The number of nitrogens with zero attached hydrogens (tertiary/aromatic N) is 2. The van der Waals surface area contributed by atoms with Crippen molar-refractivity contribution in [3.05, 3.63) is 22.9 Å². The molecule has 0 amide bonds. The second-order valence-corrected chi connectivity index (χ2v) is 5.13. The molecule has 1 aromatic heterocycles. The fourth-order valence-electron chi connectivity index (χ4n) is 2.18. The molecule has 0 fully saturated rings. The van der Waals surface area contributed by atoms with Crippen molar-refractivity contribution < 1.29 is 0 Å². The molecule has 0 unspecified atom stereocenters. The van der Waals surface area contributed by atoms with Crippen molar-refractivity contribution in [3.63, 3.8) is 0 Å². The number of aryl methyl sites for hydroxylation is 2. The number of nitrogens with two attached hydrogens (primary N) is 1. The normalized spacial score (nSPS) is 10.8. The van der Waals surface area contributed by atoms with Gasteiger partial charge in [0, 0.05) is 18.8 Å². The van der Waals surface area contributed by atoms with Crippen LogP contribution in [0.5, 0.6) is 0 Å². The molecule has 0 aliphatic carbocycles. The van der Waals surface area contributed by atoms with E-state index in [9.17, 15) is 0 Å². The monoisotopic (exact) mass is 248 g/mol. The van der Waals surface area contributed by atoms with Crippen molar-refractivity contribution in [2.75, 3.05) is 18.0 Å². The third-order valence-corrected chi connectivity index (χ3v) is 2.86. The molecule has 1 rings (SSSR count). The molecule has 3 N–H and O–H groups in total. The molecule has 0 aromatic carbocycles. The molecule has 4 nitrogen and oxygen atoms in total. The highest BCUT2D eigenvalue weighted by molar-refractivity contribution is 6.01. The molecule has 0 spiro atoms. The number of nitrogens with one attached hydrogen (secondary N) is 1. The number of nitrogen functional groups attached to an aromatic ring is 1. The second kappa shape index (κ2) is 5.85. The van der Waals surface area contributed by atoms with Gasteiger partial charge in [0.15, 0.2) is 0 Å². The largest absolute Gasteiger partial charge is 0.384 e. The van der Waals surface area contributed by atoms with Crippen LogP contribution in [0.1, 0.15) is 37.6 Å². The summed E-state index contributed by atoms with van der Waals surface area (Å²) in [7, 11) is 0. The van der Waals surface area contributed by atoms with Gasteiger partial charge >= 0.3 is 0 Å². The van der Waals surface area contributed by atoms with Crippen molar-refractivity contribution in [2.24, 2.45) is 11.7 Å². The third kappa shape index (κ3) is 3.22. The molecule has 18 heavy (non-hydrogen) atoms. The number of hydrogen-bond acceptors (Lipinski definition) is 3. The Kier molecular flexibility index (Phi) is 4.70. The van der Waals surface area contributed by atoms with E-state index in [4.69, 9.17) is 11.1 Å². The van der Waals surface area contributed by atoms with Crippen molar-refractivity contribution >= 4 is 11.7 Å². The van der Waals surface area contributed by atoms with Crippen molar-refractivity contribution in [2.45, 2.75) is 34.6 Å². The Labute approximate surface area is 110 Å². The van der Waals surface area contributed by atoms with Crippen LogP contribution in [0.3, 0.4) is 0 Å². The summed E-state index contributed by atoms with van der Waals surface area (Å²) in [5.74, 6) is 1.49. The highest BCUT2D eigenvalue weighted by atomic mass is 15.2. The summed E-state index contributed by atoms with van der Waals surface area (Å²) in [6, 6.07) is 1.98. The second-order valence-electron chi connectivity index (χ2n) is 5.13. The molecular weight excluding hydrogens is 224 g/mol. The Hall–Kier alpha value is -1.58. The summed E-state index contributed by atoms with van der Waals surface area (Å²) in [4.78, 5) is 6.78. The predicted octanol–water partition coefficient (Wildman–Crippen LogP) is 2.46. The molecule has 0 radical (unpaired) electrons. The van der Waals surface area contributed by atoms with Gasteiger partial charge < -0.3 is 10.6 Å². The van der Waals surface area contributed by atoms with Gasteiger partial charge in [-0.25, -0.2) is 4.98 Å². The Morgan fingerprint density at radius 3 is 2.50 bits per heavy atom. The average Bonchev–Trinajstić information content (AvgIpc) is 2.23. The van der Waals surface area contributed by atoms with Gasteiger partial charge in [0.25, 0.3) is 0 Å². The fourth-order valence-corrected chi connectivity index (χ4v) is 2.18. The van der Waals surface area contributed by atoms with E-state index in [2.05, 4.69) is 30.7 Å². The van der Waals surface area contributed by atoms with Gasteiger partial charge in [-0.15, -0.1) is 0 Å². The number of hydrogen-bond donors (Lipinski definition) is 2. The Bertz CT molecular complexity index is 438. The predicted molar refractivity (Wildman–Crippen MR) is 77.5 cm³/mol. The molecule has 0 aliphatic heterocycles. The molecule has 0 atom stereocenters. The lowest BCUT2D eigenvalue weighted by Crippen LogP contribution is -2.31. The first kappa shape index (κ1) is 14.5. The van der Waals surface area contributed by atoms with Gasteiger partial charge in [0.2, 0.25) is 0 Å². The first-order valence-corrected chi connectivity index (χ1v) is 6.44. The summed E-state index contributed by atoms with van der Waals surface area (Å²) in [6.45, 7) is 12.2. The van der Waals surface area contributed by atoms with E-state index in [0.29, 0.717) is 5.92 Å². The van der Waals surface area contributed by atoms with Crippen LogP contribution < -0.4 is 10.6 Å². The summed E-state index contributed by atoms with van der Waals surface area (Å²) in [5.41, 5.74) is 8.46. The fraction of sp³-hybridized carbons (Fsp3) is 0.571. The lowest BCUT2D eigenvalue weighted by atomic mass is 10.1. The Morgan fingerprint density at radius 2 is 2.06 bits per heavy atom. The molecule has 0 saturated carbocycles. The van der Waals surface area contributed by atoms with E-state index in [-0.39, 0.29) is 5.84 Å². The van der Waals surface area contributed by atoms with Crippen LogP contribution in [0.2, 0.25) is 0 Å². The highest BCUT2D eigenvalue weighted by Crippen LogP contribution is 2.22. The number of rotatable bonds is 5. The van der Waals surface area contributed by atoms with Gasteiger partial charge in [0.1, 0.15) is 11.7 Å². The first-order chi connectivity index (χ1) is 8.36. The molecule has 0 saturated heterocycles. The highest BCUT2D eigenvalue weighted by Gasteiger charge is 2.17. The van der Waals surface area contributed by atoms with Crippen LogP contribution in [0.15, 0.2) is 6.07 Å². The minimum Gasteiger partial charge on any atom is -0.384 e. The van der Waals surface area contributed by atoms with Gasteiger partial charge in [-0.2, -0.15) is 0 Å². The minimum absolute atomic E-state index is 0.0946. The van der Waals surface area contributed by atoms with Crippen LogP contribution >= 0.6 is 0 Å². The van der Waals surface area contributed by atoms with Gasteiger partial charge in [-0.1, -0.05) is 13.8 Å². The van der Waals surface area contributed by atoms with Gasteiger partial charge in [-0.05, 0) is 38.3 Å². The molecule has 1 aromatic rings. The van der Waals surface area contributed by atoms with E-state index in [1.807, 2.05) is 19.9 Å². The zero-order valence-electron chi connectivity index (χ0n) is 12.0. The third-order valence-electron chi connectivity index (χ3n) is 2.86. The maximum absolute atomic E-state index is 7.75. The zero-order chi connectivity index (χ0) is 13.9. The average molecular weight is 248 g/mol. The lowest BCUT2D eigenvalue weighted by Gasteiger charge is -2.27. The van der Waals surface area contributed by atoms with Crippen LogP contribution in [0.4, 0.5) is 5.82 Å². The summed E-state index contributed by atoms with van der Waals surface area (Å²) >= 11 is 0. The van der Waals surface area contributed by atoms with Crippen molar-refractivity contribution in [3.8, 4) is 0 Å². The molecule has 1 heterocycles. The maximum Gasteiger partial charge on any atom is 0.140 e. The summed E-state index contributed by atoms with van der Waals surface area (Å²) < 4.78 is 0. The SMILES string of the molecule is CCN(CC(C)C)c1nc(C)cc(C)c1C(=N)N. The smallest absolute Gasteiger partial charge is 0.140 e. The van der Waals surface area contributed by atoms with E-state index in [1.165, 1.54) is 0 Å². The van der Waals surface area contributed by atoms with Crippen LogP contribution in [0.25, 0.3) is 0 Å². The molecule has 4 heteroatoms. The number of amidine groups is 1. The molecule has 100 valence electrons. The first-order valence-electron chi connectivity index (χ1n) is 6.44. The van der Waals surface area contributed by atoms with E-state index in [1.54, 1.807) is 0 Å². The minimum atomic E-state index is 0.0946. The van der Waals surface area contributed by atoms with Crippen LogP contribution in [-0.4, -0.2) is 23.9 Å². The summed E-state index contributed by atoms with van der Waals surface area (Å²) in [5, 5.41) is 7.75. The van der Waals surface area contributed by atoms with Crippen LogP contribution in [-0.2, 0) is 0 Å². The zero-order valence-corrected chi connectivity index (χ0v) is 12.0. The van der Waals surface area contributed by atoms with E-state index < -0.39 is 0 Å². The number of pyridine rings is 1. The van der Waals surface area contributed by atoms with Crippen LogP contribution in [0, 0.1) is 25.2 Å². The lowest BCUT2D eigenvalue weighted by molar-refractivity contribution is 0.613. The standard InChI is InChI=1S/C14H24N4/c1-6-18(8-9(2)3)14-12(13(15)16)10(4)7-11(5)17-14/h7,9H,6,8H2,1-5H3,(H3,15,16). The Balaban J connectivity index is 3.31. The molecule has 0 bridgehead atoms. The van der Waals surface area contributed by atoms with E-state index in [0.717, 1.165) is 35.7 Å². The maximum atomic E-state index is 7.75. The molecule has 0 aliphatic rings. The number of anilines is 1. The Morgan fingerprint density at radius 1 is 1.44 bits per heavy atom.